The summed E-state index contributed by atoms with van der Waals surface area (Å²) in [6.45, 7) is 5.64. The van der Waals surface area contributed by atoms with Gasteiger partial charge in [0, 0.05) is 5.56 Å². The predicted molar refractivity (Wildman–Crippen MR) is 72.2 cm³/mol. The molecule has 2 aromatic rings. The third-order valence-electron chi connectivity index (χ3n) is 3.08. The van der Waals surface area contributed by atoms with Crippen LogP contribution in [-0.4, -0.2) is 10.9 Å². The minimum atomic E-state index is -0.122. The van der Waals surface area contributed by atoms with Crippen LogP contribution in [-0.2, 0) is 0 Å². The molecular weight excluding hydrogens is 224 g/mol. The predicted octanol–water partition coefficient (Wildman–Crippen LogP) is 3.55. The zero-order valence-corrected chi connectivity index (χ0v) is 10.8. The number of hydrogen-bond donors (Lipinski definition) is 1. The van der Waals surface area contributed by atoms with E-state index in [1.807, 2.05) is 45.0 Å². The standard InChI is InChI=1S/C16H16O2/c1-10-8-12(3)15(14(17)9-10)16(18)13-7-5-4-6-11(13)2/h4-9,17H,1-3H3. The number of hydrogen-bond acceptors (Lipinski definition) is 2. The van der Waals surface area contributed by atoms with E-state index in [0.717, 1.165) is 16.7 Å². The second kappa shape index (κ2) is 4.65. The molecule has 0 radical (unpaired) electrons. The zero-order valence-electron chi connectivity index (χ0n) is 10.8. The number of ketones is 1. The fourth-order valence-electron chi connectivity index (χ4n) is 2.20. The van der Waals surface area contributed by atoms with Crippen LogP contribution in [0.2, 0.25) is 0 Å². The van der Waals surface area contributed by atoms with E-state index in [0.29, 0.717) is 11.1 Å². The smallest absolute Gasteiger partial charge is 0.197 e. The Labute approximate surface area is 107 Å². The fraction of sp³-hybridized carbons (Fsp3) is 0.188. The molecule has 92 valence electrons. The fourth-order valence-corrected chi connectivity index (χ4v) is 2.20. The minimum Gasteiger partial charge on any atom is -0.507 e. The average Bonchev–Trinajstić information content (AvgIpc) is 2.27. The van der Waals surface area contributed by atoms with Crippen LogP contribution in [0, 0.1) is 20.8 Å². The highest BCUT2D eigenvalue weighted by Crippen LogP contribution is 2.26. The van der Waals surface area contributed by atoms with Gasteiger partial charge in [0.2, 0.25) is 0 Å². The Morgan fingerprint density at radius 2 is 1.67 bits per heavy atom. The maximum Gasteiger partial charge on any atom is 0.197 e. The lowest BCUT2D eigenvalue weighted by molar-refractivity contribution is 0.103. The molecule has 0 aliphatic carbocycles. The van der Waals surface area contributed by atoms with Gasteiger partial charge < -0.3 is 5.11 Å². The summed E-state index contributed by atoms with van der Waals surface area (Å²) in [4.78, 5) is 12.5. The summed E-state index contributed by atoms with van der Waals surface area (Å²) < 4.78 is 0. The quantitative estimate of drug-likeness (QED) is 0.815. The second-order valence-electron chi connectivity index (χ2n) is 4.62. The average molecular weight is 240 g/mol. The molecule has 0 fully saturated rings. The Balaban J connectivity index is 2.57. The molecule has 0 heterocycles. The molecule has 2 aromatic carbocycles. The Kier molecular flexibility index (Phi) is 3.19. The Morgan fingerprint density at radius 3 is 2.28 bits per heavy atom. The molecule has 0 atom stereocenters. The molecule has 0 aliphatic heterocycles. The molecule has 0 aliphatic rings. The number of carbonyl (C=O) groups is 1. The molecule has 18 heavy (non-hydrogen) atoms. The van der Waals surface area contributed by atoms with Gasteiger partial charge in [0.25, 0.3) is 0 Å². The Bertz CT molecular complexity index is 589. The minimum absolute atomic E-state index is 0.0563. The van der Waals surface area contributed by atoms with Gasteiger partial charge >= 0.3 is 0 Å². The van der Waals surface area contributed by atoms with E-state index in [1.165, 1.54) is 0 Å². The Hall–Kier alpha value is -2.09. The summed E-state index contributed by atoms with van der Waals surface area (Å²) in [5.74, 6) is -0.0659. The number of rotatable bonds is 2. The lowest BCUT2D eigenvalue weighted by atomic mass is 9.94. The SMILES string of the molecule is Cc1cc(C)c(C(=O)c2ccccc2C)c(O)c1. The first kappa shape index (κ1) is 12.4. The van der Waals surface area contributed by atoms with Crippen molar-refractivity contribution in [2.75, 3.05) is 0 Å². The van der Waals surface area contributed by atoms with Gasteiger partial charge in [-0.05, 0) is 43.5 Å². The first-order chi connectivity index (χ1) is 8.50. The van der Waals surface area contributed by atoms with E-state index in [9.17, 15) is 9.90 Å². The topological polar surface area (TPSA) is 37.3 Å². The van der Waals surface area contributed by atoms with Crippen molar-refractivity contribution in [2.45, 2.75) is 20.8 Å². The van der Waals surface area contributed by atoms with Crippen LogP contribution in [0.3, 0.4) is 0 Å². The van der Waals surface area contributed by atoms with Gasteiger partial charge in [-0.1, -0.05) is 30.3 Å². The zero-order chi connectivity index (χ0) is 13.3. The van der Waals surface area contributed by atoms with Gasteiger partial charge in [0.1, 0.15) is 5.75 Å². The lowest BCUT2D eigenvalue weighted by Crippen LogP contribution is -2.06. The van der Waals surface area contributed by atoms with Crippen molar-refractivity contribution in [2.24, 2.45) is 0 Å². The summed E-state index contributed by atoms with van der Waals surface area (Å²) in [6.07, 6.45) is 0. The van der Waals surface area contributed by atoms with Crippen molar-refractivity contribution >= 4 is 5.78 Å². The number of phenolic OH excluding ortho intramolecular Hbond substituents is 1. The van der Waals surface area contributed by atoms with Crippen LogP contribution in [0.25, 0.3) is 0 Å². The first-order valence-corrected chi connectivity index (χ1v) is 5.91. The van der Waals surface area contributed by atoms with Crippen LogP contribution in [0.4, 0.5) is 0 Å². The Morgan fingerprint density at radius 1 is 1.00 bits per heavy atom. The number of benzene rings is 2. The molecule has 2 heteroatoms. The molecule has 0 saturated heterocycles. The third-order valence-corrected chi connectivity index (χ3v) is 3.08. The molecule has 0 bridgehead atoms. The third kappa shape index (κ3) is 2.14. The normalized spacial score (nSPS) is 10.4. The van der Waals surface area contributed by atoms with E-state index in [4.69, 9.17) is 0 Å². The van der Waals surface area contributed by atoms with Gasteiger partial charge in [0.15, 0.2) is 5.78 Å². The van der Waals surface area contributed by atoms with Crippen LogP contribution < -0.4 is 0 Å². The molecular formula is C16H16O2. The molecule has 2 nitrogen and oxygen atoms in total. The number of phenols is 1. The van der Waals surface area contributed by atoms with Crippen molar-refractivity contribution in [3.63, 3.8) is 0 Å². The van der Waals surface area contributed by atoms with Gasteiger partial charge in [0.05, 0.1) is 5.56 Å². The summed E-state index contributed by atoms with van der Waals surface area (Å²) >= 11 is 0. The van der Waals surface area contributed by atoms with Crippen molar-refractivity contribution in [3.05, 3.63) is 64.2 Å². The van der Waals surface area contributed by atoms with E-state index in [-0.39, 0.29) is 11.5 Å². The van der Waals surface area contributed by atoms with E-state index < -0.39 is 0 Å². The maximum absolute atomic E-state index is 12.5. The highest BCUT2D eigenvalue weighted by atomic mass is 16.3. The molecule has 1 N–H and O–H groups in total. The molecule has 0 spiro atoms. The van der Waals surface area contributed by atoms with Gasteiger partial charge in [-0.2, -0.15) is 0 Å². The van der Waals surface area contributed by atoms with Crippen LogP contribution in [0.5, 0.6) is 5.75 Å². The van der Waals surface area contributed by atoms with E-state index >= 15 is 0 Å². The maximum atomic E-state index is 12.5. The summed E-state index contributed by atoms with van der Waals surface area (Å²) in [6, 6.07) is 10.9. The largest absolute Gasteiger partial charge is 0.507 e. The molecule has 0 amide bonds. The lowest BCUT2D eigenvalue weighted by Gasteiger charge is -2.10. The van der Waals surface area contributed by atoms with Crippen LogP contribution in [0.15, 0.2) is 36.4 Å². The highest BCUT2D eigenvalue weighted by Gasteiger charge is 2.17. The van der Waals surface area contributed by atoms with Gasteiger partial charge in [-0.25, -0.2) is 0 Å². The number of carbonyl (C=O) groups excluding carboxylic acids is 1. The first-order valence-electron chi connectivity index (χ1n) is 5.91. The molecule has 2 rings (SSSR count). The monoisotopic (exact) mass is 240 g/mol. The summed E-state index contributed by atoms with van der Waals surface area (Å²) in [7, 11) is 0. The van der Waals surface area contributed by atoms with Crippen molar-refractivity contribution < 1.29 is 9.90 Å². The van der Waals surface area contributed by atoms with Crippen molar-refractivity contribution in [3.8, 4) is 5.75 Å². The van der Waals surface area contributed by atoms with Crippen molar-refractivity contribution in [1.29, 1.82) is 0 Å². The van der Waals surface area contributed by atoms with Crippen LogP contribution >= 0.6 is 0 Å². The molecule has 0 aromatic heterocycles. The van der Waals surface area contributed by atoms with Crippen molar-refractivity contribution in [1.82, 2.24) is 0 Å². The van der Waals surface area contributed by atoms with Gasteiger partial charge in [-0.15, -0.1) is 0 Å². The molecule has 0 unspecified atom stereocenters. The summed E-state index contributed by atoms with van der Waals surface area (Å²) in [5, 5.41) is 9.97. The van der Waals surface area contributed by atoms with E-state index in [1.54, 1.807) is 12.1 Å². The van der Waals surface area contributed by atoms with E-state index in [2.05, 4.69) is 0 Å². The number of aryl methyl sites for hydroxylation is 3. The van der Waals surface area contributed by atoms with Crippen LogP contribution in [0.1, 0.15) is 32.6 Å². The molecule has 0 saturated carbocycles. The number of aromatic hydroxyl groups is 1. The second-order valence-corrected chi connectivity index (χ2v) is 4.62. The summed E-state index contributed by atoms with van der Waals surface area (Å²) in [5.41, 5.74) is 3.71. The highest BCUT2D eigenvalue weighted by molar-refractivity contribution is 6.12. The van der Waals surface area contributed by atoms with Gasteiger partial charge in [-0.3, -0.25) is 4.79 Å².